The van der Waals surface area contributed by atoms with Crippen LogP contribution in [0.3, 0.4) is 0 Å². The standard InChI is InChI=1S/C50H32N4/c1-3-13-33(14-4-1)38-27-28-42(40-18-8-7-17-39(38)40)49-43-20-9-11-21-45(43)51-50(52-49)34-23-25-37(26-24-34)54-46-22-12-10-19-41(46)44-31-35-29-30-53(47(35)32-48(44)54)36-15-5-2-6-16-36/h1-32H. The van der Waals surface area contributed by atoms with Crippen LogP contribution in [0.1, 0.15) is 0 Å². The number of fused-ring (bicyclic) bond motifs is 6. The smallest absolute Gasteiger partial charge is 0.160 e. The Morgan fingerprint density at radius 2 is 1.02 bits per heavy atom. The summed E-state index contributed by atoms with van der Waals surface area (Å²) in [4.78, 5) is 10.4. The van der Waals surface area contributed by atoms with Gasteiger partial charge in [0.25, 0.3) is 0 Å². The molecule has 0 saturated carbocycles. The largest absolute Gasteiger partial charge is 0.316 e. The van der Waals surface area contributed by atoms with Gasteiger partial charge in [-0.3, -0.25) is 0 Å². The van der Waals surface area contributed by atoms with E-state index in [-0.39, 0.29) is 0 Å². The van der Waals surface area contributed by atoms with Crippen molar-refractivity contribution in [1.29, 1.82) is 0 Å². The number of para-hydroxylation sites is 3. The van der Waals surface area contributed by atoms with Gasteiger partial charge in [-0.2, -0.15) is 0 Å². The van der Waals surface area contributed by atoms with E-state index in [1.165, 1.54) is 54.6 Å². The first-order valence-electron chi connectivity index (χ1n) is 18.3. The lowest BCUT2D eigenvalue weighted by Gasteiger charge is -2.14. The fourth-order valence-corrected chi connectivity index (χ4v) is 8.24. The van der Waals surface area contributed by atoms with E-state index in [1.807, 2.05) is 0 Å². The zero-order valence-corrected chi connectivity index (χ0v) is 29.3. The summed E-state index contributed by atoms with van der Waals surface area (Å²) in [5, 5.41) is 7.10. The van der Waals surface area contributed by atoms with Gasteiger partial charge in [-0.1, -0.05) is 121 Å². The van der Waals surface area contributed by atoms with Crippen LogP contribution in [0.4, 0.5) is 0 Å². The predicted molar refractivity (Wildman–Crippen MR) is 225 cm³/mol. The van der Waals surface area contributed by atoms with Crippen molar-refractivity contribution >= 4 is 54.4 Å². The molecule has 0 bridgehead atoms. The highest BCUT2D eigenvalue weighted by Crippen LogP contribution is 2.39. The van der Waals surface area contributed by atoms with Crippen LogP contribution in [0, 0.1) is 0 Å². The molecule has 54 heavy (non-hydrogen) atoms. The fourth-order valence-electron chi connectivity index (χ4n) is 8.24. The first-order chi connectivity index (χ1) is 26.8. The molecule has 11 rings (SSSR count). The van der Waals surface area contributed by atoms with Gasteiger partial charge in [-0.25, -0.2) is 9.97 Å². The van der Waals surface area contributed by atoms with Gasteiger partial charge in [0, 0.05) is 50.2 Å². The summed E-state index contributed by atoms with van der Waals surface area (Å²) in [6, 6.07) is 66.8. The molecule has 0 aliphatic rings. The van der Waals surface area contributed by atoms with Crippen LogP contribution in [-0.2, 0) is 0 Å². The summed E-state index contributed by atoms with van der Waals surface area (Å²) in [6.07, 6.45) is 2.17. The summed E-state index contributed by atoms with van der Waals surface area (Å²) in [6.45, 7) is 0. The normalized spacial score (nSPS) is 11.7. The maximum Gasteiger partial charge on any atom is 0.160 e. The number of aromatic nitrogens is 4. The van der Waals surface area contributed by atoms with E-state index in [0.29, 0.717) is 5.82 Å². The number of hydrogen-bond donors (Lipinski definition) is 0. The van der Waals surface area contributed by atoms with E-state index < -0.39 is 0 Å². The minimum absolute atomic E-state index is 0.705. The molecule has 0 aliphatic heterocycles. The molecule has 3 heterocycles. The Labute approximate surface area is 311 Å². The molecule has 4 heteroatoms. The molecule has 0 fully saturated rings. The average molecular weight is 689 g/mol. The van der Waals surface area contributed by atoms with Crippen LogP contribution in [0.15, 0.2) is 194 Å². The van der Waals surface area contributed by atoms with Crippen LogP contribution >= 0.6 is 0 Å². The summed E-state index contributed by atoms with van der Waals surface area (Å²) in [5.74, 6) is 0.705. The van der Waals surface area contributed by atoms with Gasteiger partial charge >= 0.3 is 0 Å². The van der Waals surface area contributed by atoms with Gasteiger partial charge in [-0.05, 0) is 88.6 Å². The third kappa shape index (κ3) is 4.78. The molecule has 0 saturated heterocycles. The van der Waals surface area contributed by atoms with Crippen LogP contribution < -0.4 is 0 Å². The molecule has 0 N–H and O–H groups in total. The second kappa shape index (κ2) is 12.1. The van der Waals surface area contributed by atoms with E-state index in [2.05, 4.69) is 203 Å². The maximum atomic E-state index is 5.33. The van der Waals surface area contributed by atoms with Crippen molar-refractivity contribution < 1.29 is 0 Å². The minimum atomic E-state index is 0.705. The first-order valence-corrected chi connectivity index (χ1v) is 18.3. The Morgan fingerprint density at radius 3 is 1.81 bits per heavy atom. The number of hydrogen-bond acceptors (Lipinski definition) is 2. The summed E-state index contributed by atoms with van der Waals surface area (Å²) >= 11 is 0. The van der Waals surface area contributed by atoms with Gasteiger partial charge in [0.2, 0.25) is 0 Å². The van der Waals surface area contributed by atoms with E-state index in [0.717, 1.165) is 39.1 Å². The molecule has 0 unspecified atom stereocenters. The van der Waals surface area contributed by atoms with Crippen LogP contribution in [-0.4, -0.2) is 19.1 Å². The van der Waals surface area contributed by atoms with Crippen LogP contribution in [0.2, 0.25) is 0 Å². The van der Waals surface area contributed by atoms with Crippen molar-refractivity contribution in [3.8, 4) is 45.1 Å². The number of benzene rings is 8. The molecule has 0 atom stereocenters. The van der Waals surface area contributed by atoms with Crippen LogP contribution in [0.25, 0.3) is 99.5 Å². The van der Waals surface area contributed by atoms with Crippen molar-refractivity contribution in [3.63, 3.8) is 0 Å². The molecule has 0 aliphatic carbocycles. The average Bonchev–Trinajstić information content (AvgIpc) is 3.81. The van der Waals surface area contributed by atoms with E-state index >= 15 is 0 Å². The maximum absolute atomic E-state index is 5.33. The quantitative estimate of drug-likeness (QED) is 0.180. The SMILES string of the molecule is c1ccc(-c2ccc(-c3nc(-c4ccc(-n5c6ccccc6c6cc7ccn(-c8ccccc8)c7cc65)cc4)nc4ccccc34)c3ccccc23)cc1. The third-order valence-corrected chi connectivity index (χ3v) is 10.8. The van der Waals surface area contributed by atoms with Crippen molar-refractivity contribution in [2.45, 2.75) is 0 Å². The summed E-state index contributed by atoms with van der Waals surface area (Å²) < 4.78 is 4.65. The Kier molecular flexibility index (Phi) is 6.82. The molecule has 11 aromatic rings. The molecule has 0 radical (unpaired) electrons. The van der Waals surface area contributed by atoms with E-state index in [9.17, 15) is 0 Å². The second-order valence-corrected chi connectivity index (χ2v) is 13.8. The topological polar surface area (TPSA) is 35.6 Å². The lowest BCUT2D eigenvalue weighted by Crippen LogP contribution is -1.98. The highest BCUT2D eigenvalue weighted by Gasteiger charge is 2.18. The van der Waals surface area contributed by atoms with Gasteiger partial charge < -0.3 is 9.13 Å². The van der Waals surface area contributed by atoms with Gasteiger partial charge in [0.15, 0.2) is 5.82 Å². The molecule has 4 nitrogen and oxygen atoms in total. The zero-order valence-electron chi connectivity index (χ0n) is 29.3. The van der Waals surface area contributed by atoms with Crippen LogP contribution in [0.5, 0.6) is 0 Å². The lowest BCUT2D eigenvalue weighted by atomic mass is 9.93. The highest BCUT2D eigenvalue weighted by atomic mass is 15.0. The minimum Gasteiger partial charge on any atom is -0.316 e. The molecular formula is C50H32N4. The number of nitrogens with zero attached hydrogens (tertiary/aromatic N) is 4. The molecule has 8 aromatic carbocycles. The van der Waals surface area contributed by atoms with E-state index in [4.69, 9.17) is 9.97 Å². The predicted octanol–water partition coefficient (Wildman–Crippen LogP) is 12.8. The van der Waals surface area contributed by atoms with Gasteiger partial charge in [-0.15, -0.1) is 0 Å². The van der Waals surface area contributed by atoms with Gasteiger partial charge in [0.05, 0.1) is 27.8 Å². The highest BCUT2D eigenvalue weighted by molar-refractivity contribution is 6.13. The number of rotatable bonds is 5. The Bertz CT molecular complexity index is 3190. The molecular weight excluding hydrogens is 657 g/mol. The Balaban J connectivity index is 1.06. The van der Waals surface area contributed by atoms with Crippen molar-refractivity contribution in [1.82, 2.24) is 19.1 Å². The zero-order chi connectivity index (χ0) is 35.6. The molecule has 3 aromatic heterocycles. The molecule has 0 amide bonds. The van der Waals surface area contributed by atoms with Crippen molar-refractivity contribution in [2.24, 2.45) is 0 Å². The molecule has 252 valence electrons. The third-order valence-electron chi connectivity index (χ3n) is 10.8. The Hall–Kier alpha value is -7.30. The van der Waals surface area contributed by atoms with E-state index in [1.54, 1.807) is 0 Å². The Morgan fingerprint density at radius 1 is 0.370 bits per heavy atom. The van der Waals surface area contributed by atoms with Gasteiger partial charge in [0.1, 0.15) is 0 Å². The summed E-state index contributed by atoms with van der Waals surface area (Å²) in [7, 11) is 0. The monoisotopic (exact) mass is 688 g/mol. The summed E-state index contributed by atoms with van der Waals surface area (Å²) in [5.41, 5.74) is 12.1. The van der Waals surface area contributed by atoms with Crippen molar-refractivity contribution in [3.05, 3.63) is 194 Å². The first kappa shape index (κ1) is 30.3. The fraction of sp³-hybridized carbons (Fsp3) is 0. The molecule has 0 spiro atoms. The second-order valence-electron chi connectivity index (χ2n) is 13.8. The lowest BCUT2D eigenvalue weighted by molar-refractivity contribution is 1.12. The van der Waals surface area contributed by atoms with Crippen molar-refractivity contribution in [2.75, 3.05) is 0 Å².